The summed E-state index contributed by atoms with van der Waals surface area (Å²) >= 11 is 0. The third kappa shape index (κ3) is 5.01. The maximum Gasteiger partial charge on any atom is 0.225 e. The number of hydrogen-bond acceptors (Lipinski definition) is 3. The van der Waals surface area contributed by atoms with Gasteiger partial charge in [0.05, 0.1) is 0 Å². The average Bonchev–Trinajstić information content (AvgIpc) is 2.43. The Bertz CT molecular complexity index is 460. The molecule has 1 aromatic rings. The quantitative estimate of drug-likeness (QED) is 0.796. The zero-order valence-corrected chi connectivity index (χ0v) is 12.4. The molecule has 0 saturated heterocycles. The number of nitrogens with zero attached hydrogens (tertiary/aromatic N) is 1. The first-order valence-corrected chi connectivity index (χ1v) is 6.86. The van der Waals surface area contributed by atoms with E-state index in [0.717, 1.165) is 11.3 Å². The highest BCUT2D eigenvalue weighted by atomic mass is 16.2. The standard InChI is InChI=1S/C15H23N3O2/c1-4-18(12(2)19)11-13-7-5-6-8-14(13)17-15(20)9-10-16-3/h5-8,16H,4,9-11H2,1-3H3,(H,17,20). The molecule has 5 heteroatoms. The van der Waals surface area contributed by atoms with Gasteiger partial charge in [0.25, 0.3) is 0 Å². The Morgan fingerprint density at radius 3 is 2.55 bits per heavy atom. The summed E-state index contributed by atoms with van der Waals surface area (Å²) in [5.74, 6) is 0.00138. The SMILES string of the molecule is CCN(Cc1ccccc1NC(=O)CCNC)C(C)=O. The van der Waals surface area contributed by atoms with Crippen LogP contribution in [-0.4, -0.2) is 36.9 Å². The largest absolute Gasteiger partial charge is 0.339 e. The van der Waals surface area contributed by atoms with Crippen molar-refractivity contribution in [1.29, 1.82) is 0 Å². The molecule has 0 aliphatic rings. The smallest absolute Gasteiger partial charge is 0.225 e. The summed E-state index contributed by atoms with van der Waals surface area (Å²) in [6.07, 6.45) is 0.426. The first-order valence-electron chi connectivity index (χ1n) is 6.86. The van der Waals surface area contributed by atoms with Crippen LogP contribution in [0.2, 0.25) is 0 Å². The number of carbonyl (C=O) groups excluding carboxylic acids is 2. The summed E-state index contributed by atoms with van der Waals surface area (Å²) in [6, 6.07) is 7.58. The minimum Gasteiger partial charge on any atom is -0.339 e. The van der Waals surface area contributed by atoms with Gasteiger partial charge in [0.15, 0.2) is 0 Å². The molecule has 1 aromatic carbocycles. The Hall–Kier alpha value is -1.88. The van der Waals surface area contributed by atoms with Crippen LogP contribution in [0.3, 0.4) is 0 Å². The van der Waals surface area contributed by atoms with Crippen LogP contribution in [0.25, 0.3) is 0 Å². The molecule has 0 atom stereocenters. The van der Waals surface area contributed by atoms with Crippen molar-refractivity contribution >= 4 is 17.5 Å². The second-order valence-electron chi connectivity index (χ2n) is 4.59. The van der Waals surface area contributed by atoms with Crippen LogP contribution in [-0.2, 0) is 16.1 Å². The molecule has 0 fully saturated rings. The predicted octanol–water partition coefficient (Wildman–Crippen LogP) is 1.60. The summed E-state index contributed by atoms with van der Waals surface area (Å²) in [6.45, 7) is 5.29. The van der Waals surface area contributed by atoms with Gasteiger partial charge >= 0.3 is 0 Å². The van der Waals surface area contributed by atoms with Gasteiger partial charge in [0.1, 0.15) is 0 Å². The number of rotatable bonds is 7. The molecule has 2 amide bonds. The fourth-order valence-electron chi connectivity index (χ4n) is 1.88. The fourth-order valence-corrected chi connectivity index (χ4v) is 1.88. The van der Waals surface area contributed by atoms with Crippen molar-refractivity contribution in [3.8, 4) is 0 Å². The number of anilines is 1. The van der Waals surface area contributed by atoms with E-state index in [-0.39, 0.29) is 11.8 Å². The van der Waals surface area contributed by atoms with Crippen LogP contribution in [0.5, 0.6) is 0 Å². The molecule has 0 spiro atoms. The normalized spacial score (nSPS) is 10.2. The molecular formula is C15H23N3O2. The van der Waals surface area contributed by atoms with Crippen molar-refractivity contribution in [2.24, 2.45) is 0 Å². The molecule has 0 radical (unpaired) electrons. The third-order valence-electron chi connectivity index (χ3n) is 3.08. The van der Waals surface area contributed by atoms with E-state index < -0.39 is 0 Å². The average molecular weight is 277 g/mol. The molecule has 0 aliphatic heterocycles. The van der Waals surface area contributed by atoms with Crippen molar-refractivity contribution in [2.75, 3.05) is 25.5 Å². The third-order valence-corrected chi connectivity index (χ3v) is 3.08. The fraction of sp³-hybridized carbons (Fsp3) is 0.467. The molecule has 110 valence electrons. The monoisotopic (exact) mass is 277 g/mol. The number of nitrogens with one attached hydrogen (secondary N) is 2. The summed E-state index contributed by atoms with van der Waals surface area (Å²) in [4.78, 5) is 25.0. The van der Waals surface area contributed by atoms with E-state index in [1.807, 2.05) is 38.2 Å². The van der Waals surface area contributed by atoms with Crippen LogP contribution in [0.1, 0.15) is 25.8 Å². The lowest BCUT2D eigenvalue weighted by molar-refractivity contribution is -0.129. The number of benzene rings is 1. The molecule has 20 heavy (non-hydrogen) atoms. The van der Waals surface area contributed by atoms with Crippen LogP contribution in [0.4, 0.5) is 5.69 Å². The summed E-state index contributed by atoms with van der Waals surface area (Å²) in [5.41, 5.74) is 1.72. The Morgan fingerprint density at radius 1 is 1.25 bits per heavy atom. The van der Waals surface area contributed by atoms with E-state index in [4.69, 9.17) is 0 Å². The lowest BCUT2D eigenvalue weighted by atomic mass is 10.1. The molecule has 0 bridgehead atoms. The van der Waals surface area contributed by atoms with Gasteiger partial charge in [0, 0.05) is 38.7 Å². The van der Waals surface area contributed by atoms with Crippen LogP contribution in [0.15, 0.2) is 24.3 Å². The van der Waals surface area contributed by atoms with E-state index in [2.05, 4.69) is 10.6 Å². The van der Waals surface area contributed by atoms with Crippen molar-refractivity contribution in [2.45, 2.75) is 26.8 Å². The van der Waals surface area contributed by atoms with E-state index in [1.165, 1.54) is 0 Å². The van der Waals surface area contributed by atoms with E-state index in [1.54, 1.807) is 11.8 Å². The molecule has 0 unspecified atom stereocenters. The van der Waals surface area contributed by atoms with E-state index in [0.29, 0.717) is 26.1 Å². The highest BCUT2D eigenvalue weighted by molar-refractivity contribution is 5.91. The van der Waals surface area contributed by atoms with Gasteiger partial charge < -0.3 is 15.5 Å². The van der Waals surface area contributed by atoms with Gasteiger partial charge in [-0.1, -0.05) is 18.2 Å². The topological polar surface area (TPSA) is 61.4 Å². The van der Waals surface area contributed by atoms with Gasteiger partial charge in [-0.2, -0.15) is 0 Å². The molecule has 5 nitrogen and oxygen atoms in total. The van der Waals surface area contributed by atoms with E-state index in [9.17, 15) is 9.59 Å². The highest BCUT2D eigenvalue weighted by Gasteiger charge is 2.11. The van der Waals surface area contributed by atoms with Crippen LogP contribution in [0, 0.1) is 0 Å². The number of para-hydroxylation sites is 1. The molecule has 0 aromatic heterocycles. The zero-order chi connectivity index (χ0) is 15.0. The first kappa shape index (κ1) is 16.2. The lowest BCUT2D eigenvalue weighted by Gasteiger charge is -2.21. The van der Waals surface area contributed by atoms with Crippen molar-refractivity contribution in [1.82, 2.24) is 10.2 Å². The summed E-state index contributed by atoms with van der Waals surface area (Å²) in [5, 5.41) is 5.84. The highest BCUT2D eigenvalue weighted by Crippen LogP contribution is 2.17. The maximum atomic E-state index is 11.8. The molecule has 1 rings (SSSR count). The summed E-state index contributed by atoms with van der Waals surface area (Å²) < 4.78 is 0. The second-order valence-corrected chi connectivity index (χ2v) is 4.59. The second kappa shape index (κ2) is 8.32. The molecular weight excluding hydrogens is 254 g/mol. The number of carbonyl (C=O) groups is 2. The number of hydrogen-bond donors (Lipinski definition) is 2. The Labute approximate surface area is 120 Å². The molecule has 2 N–H and O–H groups in total. The van der Waals surface area contributed by atoms with Crippen molar-refractivity contribution in [3.05, 3.63) is 29.8 Å². The zero-order valence-electron chi connectivity index (χ0n) is 12.4. The van der Waals surface area contributed by atoms with Crippen LogP contribution >= 0.6 is 0 Å². The van der Waals surface area contributed by atoms with Crippen molar-refractivity contribution in [3.63, 3.8) is 0 Å². The molecule has 0 aliphatic carbocycles. The summed E-state index contributed by atoms with van der Waals surface area (Å²) in [7, 11) is 1.81. The Kier molecular flexibility index (Phi) is 6.73. The van der Waals surface area contributed by atoms with Crippen molar-refractivity contribution < 1.29 is 9.59 Å². The van der Waals surface area contributed by atoms with Gasteiger partial charge in [-0.15, -0.1) is 0 Å². The van der Waals surface area contributed by atoms with E-state index >= 15 is 0 Å². The van der Waals surface area contributed by atoms with Gasteiger partial charge in [0.2, 0.25) is 11.8 Å². The molecule has 0 saturated carbocycles. The lowest BCUT2D eigenvalue weighted by Crippen LogP contribution is -2.28. The molecule has 0 heterocycles. The predicted molar refractivity (Wildman–Crippen MR) is 80.4 cm³/mol. The van der Waals surface area contributed by atoms with Crippen LogP contribution < -0.4 is 10.6 Å². The maximum absolute atomic E-state index is 11.8. The Balaban J connectivity index is 2.77. The van der Waals surface area contributed by atoms with Gasteiger partial charge in [-0.3, -0.25) is 9.59 Å². The first-order chi connectivity index (χ1) is 9.58. The van der Waals surface area contributed by atoms with Gasteiger partial charge in [-0.05, 0) is 25.6 Å². The van der Waals surface area contributed by atoms with Gasteiger partial charge in [-0.25, -0.2) is 0 Å². The minimum atomic E-state index is -0.0299. The number of amides is 2. The minimum absolute atomic E-state index is 0.0299. The Morgan fingerprint density at radius 2 is 1.95 bits per heavy atom.